The van der Waals surface area contributed by atoms with Crippen molar-refractivity contribution in [3.8, 4) is 0 Å². The third-order valence-corrected chi connectivity index (χ3v) is 4.58. The molecule has 1 saturated heterocycles. The van der Waals surface area contributed by atoms with Crippen molar-refractivity contribution in [1.82, 2.24) is 9.88 Å². The number of likely N-dealkylation sites (tertiary alicyclic amines) is 1. The van der Waals surface area contributed by atoms with Crippen LogP contribution in [0.4, 0.5) is 0 Å². The van der Waals surface area contributed by atoms with Gasteiger partial charge >= 0.3 is 0 Å². The SMILES string of the molecule is CC(CCl)C(=O)N1CCC(c2nc3ccccc3o2)CC1. The van der Waals surface area contributed by atoms with Gasteiger partial charge in [-0.2, -0.15) is 0 Å². The summed E-state index contributed by atoms with van der Waals surface area (Å²) >= 11 is 5.76. The molecule has 1 amide bonds. The van der Waals surface area contributed by atoms with E-state index < -0.39 is 0 Å². The standard InChI is InChI=1S/C16H19ClN2O2/c1-11(10-17)16(20)19-8-6-12(7-9-19)15-18-13-4-2-3-5-14(13)21-15/h2-5,11-12H,6-10H2,1H3. The fraction of sp³-hybridized carbons (Fsp3) is 0.500. The van der Waals surface area contributed by atoms with Gasteiger partial charge in [-0.05, 0) is 25.0 Å². The first-order chi connectivity index (χ1) is 10.2. The summed E-state index contributed by atoms with van der Waals surface area (Å²) in [5.41, 5.74) is 1.74. The Morgan fingerprint density at radius 3 is 2.81 bits per heavy atom. The number of halogens is 1. The maximum atomic E-state index is 12.1. The molecular weight excluding hydrogens is 288 g/mol. The molecule has 0 N–H and O–H groups in total. The van der Waals surface area contributed by atoms with Gasteiger partial charge < -0.3 is 9.32 Å². The molecule has 1 aromatic heterocycles. The third kappa shape index (κ3) is 2.91. The summed E-state index contributed by atoms with van der Waals surface area (Å²) in [5, 5.41) is 0. The molecule has 112 valence electrons. The second-order valence-corrected chi connectivity index (χ2v) is 5.98. The highest BCUT2D eigenvalue weighted by Crippen LogP contribution is 2.30. The van der Waals surface area contributed by atoms with E-state index in [9.17, 15) is 4.79 Å². The zero-order valence-electron chi connectivity index (χ0n) is 12.1. The summed E-state index contributed by atoms with van der Waals surface area (Å²) in [6, 6.07) is 7.81. The number of carbonyl (C=O) groups excluding carboxylic acids is 1. The van der Waals surface area contributed by atoms with Gasteiger partial charge in [0.2, 0.25) is 5.91 Å². The minimum Gasteiger partial charge on any atom is -0.440 e. The van der Waals surface area contributed by atoms with Gasteiger partial charge in [0.1, 0.15) is 5.52 Å². The van der Waals surface area contributed by atoms with E-state index in [0.29, 0.717) is 11.8 Å². The molecule has 1 atom stereocenters. The van der Waals surface area contributed by atoms with E-state index in [1.165, 1.54) is 0 Å². The molecule has 1 aliphatic rings. The Bertz CT molecular complexity index is 599. The minimum atomic E-state index is -0.104. The number of para-hydroxylation sites is 2. The maximum Gasteiger partial charge on any atom is 0.226 e. The number of piperidine rings is 1. The number of carbonyl (C=O) groups is 1. The van der Waals surface area contributed by atoms with Crippen LogP contribution >= 0.6 is 11.6 Å². The van der Waals surface area contributed by atoms with Crippen LogP contribution in [-0.4, -0.2) is 34.8 Å². The number of benzene rings is 1. The first kappa shape index (κ1) is 14.4. The number of fused-ring (bicyclic) bond motifs is 1. The van der Waals surface area contributed by atoms with Gasteiger partial charge in [0, 0.05) is 30.8 Å². The lowest BCUT2D eigenvalue weighted by molar-refractivity contribution is -0.135. The number of oxazole rings is 1. The zero-order valence-corrected chi connectivity index (χ0v) is 12.8. The van der Waals surface area contributed by atoms with E-state index in [1.54, 1.807) is 0 Å². The Labute approximate surface area is 129 Å². The second kappa shape index (κ2) is 6.06. The van der Waals surface area contributed by atoms with Crippen molar-refractivity contribution >= 4 is 28.6 Å². The van der Waals surface area contributed by atoms with Crippen molar-refractivity contribution in [2.75, 3.05) is 19.0 Å². The molecule has 0 aliphatic carbocycles. The molecule has 2 aromatic rings. The molecule has 0 spiro atoms. The Morgan fingerprint density at radius 2 is 2.14 bits per heavy atom. The van der Waals surface area contributed by atoms with Crippen LogP contribution in [0.3, 0.4) is 0 Å². The van der Waals surface area contributed by atoms with Gasteiger partial charge in [-0.25, -0.2) is 4.98 Å². The number of aromatic nitrogens is 1. The van der Waals surface area contributed by atoms with Crippen LogP contribution < -0.4 is 0 Å². The Morgan fingerprint density at radius 1 is 1.43 bits per heavy atom. The largest absolute Gasteiger partial charge is 0.440 e. The van der Waals surface area contributed by atoms with E-state index in [0.717, 1.165) is 42.9 Å². The zero-order chi connectivity index (χ0) is 14.8. The minimum absolute atomic E-state index is 0.104. The molecule has 5 heteroatoms. The molecule has 21 heavy (non-hydrogen) atoms. The van der Waals surface area contributed by atoms with Crippen LogP contribution in [0, 0.1) is 5.92 Å². The van der Waals surface area contributed by atoms with Crippen molar-refractivity contribution < 1.29 is 9.21 Å². The fourth-order valence-corrected chi connectivity index (χ4v) is 2.92. The Kier molecular flexibility index (Phi) is 4.15. The third-order valence-electron chi connectivity index (χ3n) is 4.12. The van der Waals surface area contributed by atoms with Gasteiger partial charge in [0.05, 0.1) is 0 Å². The average Bonchev–Trinajstić information content (AvgIpc) is 2.97. The highest BCUT2D eigenvalue weighted by atomic mass is 35.5. The van der Waals surface area contributed by atoms with Crippen LogP contribution in [0.5, 0.6) is 0 Å². The van der Waals surface area contributed by atoms with Gasteiger partial charge in [-0.1, -0.05) is 19.1 Å². The van der Waals surface area contributed by atoms with Gasteiger partial charge in [0.25, 0.3) is 0 Å². The summed E-state index contributed by atoms with van der Waals surface area (Å²) in [7, 11) is 0. The number of hydrogen-bond donors (Lipinski definition) is 0. The molecule has 1 fully saturated rings. The van der Waals surface area contributed by atoms with E-state index in [-0.39, 0.29) is 11.8 Å². The van der Waals surface area contributed by atoms with Gasteiger partial charge in [-0.15, -0.1) is 11.6 Å². The van der Waals surface area contributed by atoms with Crippen molar-refractivity contribution in [2.45, 2.75) is 25.7 Å². The molecule has 0 bridgehead atoms. The Hall–Kier alpha value is -1.55. The molecule has 1 unspecified atom stereocenters. The number of rotatable bonds is 3. The van der Waals surface area contributed by atoms with Crippen molar-refractivity contribution in [3.05, 3.63) is 30.2 Å². The van der Waals surface area contributed by atoms with Crippen LogP contribution in [-0.2, 0) is 4.79 Å². The lowest BCUT2D eigenvalue weighted by Crippen LogP contribution is -2.41. The van der Waals surface area contributed by atoms with E-state index in [1.807, 2.05) is 36.1 Å². The highest BCUT2D eigenvalue weighted by Gasteiger charge is 2.28. The summed E-state index contributed by atoms with van der Waals surface area (Å²) in [5.74, 6) is 1.53. The van der Waals surface area contributed by atoms with Crippen molar-refractivity contribution in [3.63, 3.8) is 0 Å². The molecule has 2 heterocycles. The first-order valence-electron chi connectivity index (χ1n) is 7.39. The monoisotopic (exact) mass is 306 g/mol. The summed E-state index contributed by atoms with van der Waals surface area (Å²) in [6.07, 6.45) is 1.79. The van der Waals surface area contributed by atoms with Crippen LogP contribution in [0.1, 0.15) is 31.6 Å². The fourth-order valence-electron chi connectivity index (χ4n) is 2.79. The predicted octanol–water partition coefficient (Wildman–Crippen LogP) is 3.41. The van der Waals surface area contributed by atoms with Crippen LogP contribution in [0.25, 0.3) is 11.1 Å². The molecule has 0 saturated carbocycles. The normalized spacial score (nSPS) is 18.1. The number of nitrogens with zero attached hydrogens (tertiary/aromatic N) is 2. The number of hydrogen-bond acceptors (Lipinski definition) is 3. The molecular formula is C16H19ClN2O2. The van der Waals surface area contributed by atoms with Crippen molar-refractivity contribution in [2.24, 2.45) is 5.92 Å². The number of alkyl halides is 1. The number of amides is 1. The van der Waals surface area contributed by atoms with E-state index in [2.05, 4.69) is 4.98 Å². The van der Waals surface area contributed by atoms with E-state index >= 15 is 0 Å². The smallest absolute Gasteiger partial charge is 0.226 e. The quantitative estimate of drug-likeness (QED) is 0.816. The highest BCUT2D eigenvalue weighted by molar-refractivity contribution is 6.19. The second-order valence-electron chi connectivity index (χ2n) is 5.67. The molecule has 3 rings (SSSR count). The predicted molar refractivity (Wildman–Crippen MR) is 82.4 cm³/mol. The first-order valence-corrected chi connectivity index (χ1v) is 7.92. The topological polar surface area (TPSA) is 46.3 Å². The molecule has 0 radical (unpaired) electrons. The van der Waals surface area contributed by atoms with Crippen LogP contribution in [0.2, 0.25) is 0 Å². The maximum absolute atomic E-state index is 12.1. The summed E-state index contributed by atoms with van der Waals surface area (Å²) < 4.78 is 5.84. The lowest BCUT2D eigenvalue weighted by Gasteiger charge is -2.32. The molecule has 1 aromatic carbocycles. The summed E-state index contributed by atoms with van der Waals surface area (Å²) in [4.78, 5) is 18.6. The summed E-state index contributed by atoms with van der Waals surface area (Å²) in [6.45, 7) is 3.38. The molecule has 4 nitrogen and oxygen atoms in total. The average molecular weight is 307 g/mol. The molecule has 1 aliphatic heterocycles. The van der Waals surface area contributed by atoms with Crippen molar-refractivity contribution in [1.29, 1.82) is 0 Å². The van der Waals surface area contributed by atoms with Gasteiger partial charge in [-0.3, -0.25) is 4.79 Å². The van der Waals surface area contributed by atoms with E-state index in [4.69, 9.17) is 16.0 Å². The van der Waals surface area contributed by atoms with Gasteiger partial charge in [0.15, 0.2) is 11.5 Å². The van der Waals surface area contributed by atoms with Crippen LogP contribution in [0.15, 0.2) is 28.7 Å². The lowest BCUT2D eigenvalue weighted by atomic mass is 9.96. The Balaban J connectivity index is 1.67.